The normalized spacial score (nSPS) is 10.5. The van der Waals surface area contributed by atoms with Gasteiger partial charge in [0.1, 0.15) is 0 Å². The van der Waals surface area contributed by atoms with E-state index in [4.69, 9.17) is 29.4 Å². The molecule has 0 spiro atoms. The van der Waals surface area contributed by atoms with Crippen LogP contribution in [0.5, 0.6) is 0 Å². The Morgan fingerprint density at radius 1 is 0.765 bits per heavy atom. The monoisotopic (exact) mass is 320 g/mol. The van der Waals surface area contributed by atoms with E-state index < -0.39 is 13.4 Å². The fourth-order valence-corrected chi connectivity index (χ4v) is 0.534. The van der Waals surface area contributed by atoms with Crippen molar-refractivity contribution in [3.63, 3.8) is 0 Å². The SMILES string of the molecule is Cc1ccccc1.OP(O)(O)=S.OP(O)(O)=S. The molecular weight excluding hydrogens is 306 g/mol. The summed E-state index contributed by atoms with van der Waals surface area (Å²) in [5.74, 6) is 0. The van der Waals surface area contributed by atoms with Gasteiger partial charge < -0.3 is 29.4 Å². The van der Waals surface area contributed by atoms with E-state index >= 15 is 0 Å². The average Bonchev–Trinajstić information content (AvgIpc) is 1.98. The van der Waals surface area contributed by atoms with Gasteiger partial charge in [-0.1, -0.05) is 35.9 Å². The van der Waals surface area contributed by atoms with Crippen LogP contribution >= 0.6 is 13.4 Å². The molecule has 0 amide bonds. The highest BCUT2D eigenvalue weighted by molar-refractivity contribution is 8.06. The first-order chi connectivity index (χ1) is 7.39. The van der Waals surface area contributed by atoms with Gasteiger partial charge in [0, 0.05) is 0 Å². The maximum Gasteiger partial charge on any atom is 0.319 e. The first-order valence-corrected chi connectivity index (χ1v) is 9.30. The minimum absolute atomic E-state index is 1.32. The molecule has 0 bridgehead atoms. The Kier molecular flexibility index (Phi) is 10.7. The predicted octanol–water partition coefficient (Wildman–Crippen LogP) is 0.371. The smallest absolute Gasteiger partial charge is 0.319 e. The topological polar surface area (TPSA) is 121 Å². The van der Waals surface area contributed by atoms with E-state index in [1.807, 2.05) is 18.2 Å². The van der Waals surface area contributed by atoms with Crippen LogP contribution in [-0.4, -0.2) is 29.4 Å². The van der Waals surface area contributed by atoms with E-state index in [1.165, 1.54) is 5.56 Å². The largest absolute Gasteiger partial charge is 0.325 e. The summed E-state index contributed by atoms with van der Waals surface area (Å²) in [6, 6.07) is 10.3. The first-order valence-electron chi connectivity index (χ1n) is 3.98. The molecular formula is C7H14O6P2S2. The van der Waals surface area contributed by atoms with E-state index in [0.29, 0.717) is 0 Å². The number of rotatable bonds is 0. The Balaban J connectivity index is 0. The summed E-state index contributed by atoms with van der Waals surface area (Å²) in [6.07, 6.45) is 0. The molecule has 0 heterocycles. The van der Waals surface area contributed by atoms with Gasteiger partial charge in [0.15, 0.2) is 0 Å². The van der Waals surface area contributed by atoms with Gasteiger partial charge in [-0.2, -0.15) is 0 Å². The van der Waals surface area contributed by atoms with Gasteiger partial charge in [-0.15, -0.1) is 0 Å². The molecule has 0 unspecified atom stereocenters. The molecule has 17 heavy (non-hydrogen) atoms. The van der Waals surface area contributed by atoms with Crippen molar-refractivity contribution in [3.05, 3.63) is 35.9 Å². The van der Waals surface area contributed by atoms with Gasteiger partial charge in [0.25, 0.3) is 0 Å². The summed E-state index contributed by atoms with van der Waals surface area (Å²) in [6.45, 7) is -5.53. The molecule has 0 saturated carbocycles. The van der Waals surface area contributed by atoms with Crippen LogP contribution in [0.4, 0.5) is 0 Å². The lowest BCUT2D eigenvalue weighted by atomic mass is 10.2. The predicted molar refractivity (Wildman–Crippen MR) is 73.1 cm³/mol. The summed E-state index contributed by atoms with van der Waals surface area (Å²) in [7, 11) is 0. The third-order valence-corrected chi connectivity index (χ3v) is 0.940. The molecule has 0 aliphatic rings. The van der Waals surface area contributed by atoms with Gasteiger partial charge >= 0.3 is 13.4 Å². The Morgan fingerprint density at radius 3 is 1.12 bits per heavy atom. The van der Waals surface area contributed by atoms with Crippen molar-refractivity contribution in [1.82, 2.24) is 0 Å². The molecule has 1 aromatic carbocycles. The second-order valence-electron chi connectivity index (χ2n) is 2.68. The third-order valence-electron chi connectivity index (χ3n) is 0.940. The molecule has 0 atom stereocenters. The Hall–Kier alpha value is 0.280. The van der Waals surface area contributed by atoms with Crippen molar-refractivity contribution < 1.29 is 29.4 Å². The number of hydrogen-bond acceptors (Lipinski definition) is 2. The fraction of sp³-hybridized carbons (Fsp3) is 0.143. The molecule has 0 aliphatic carbocycles. The van der Waals surface area contributed by atoms with Gasteiger partial charge in [0.2, 0.25) is 0 Å². The summed E-state index contributed by atoms with van der Waals surface area (Å²) >= 11 is 7.21. The van der Waals surface area contributed by atoms with Crippen molar-refractivity contribution in [2.24, 2.45) is 0 Å². The van der Waals surface area contributed by atoms with E-state index in [-0.39, 0.29) is 0 Å². The Morgan fingerprint density at radius 2 is 1.00 bits per heavy atom. The summed E-state index contributed by atoms with van der Waals surface area (Å²) in [5.41, 5.74) is 1.32. The highest BCUT2D eigenvalue weighted by Gasteiger charge is 1.92. The van der Waals surface area contributed by atoms with E-state index in [0.717, 1.165) is 0 Å². The van der Waals surface area contributed by atoms with Crippen LogP contribution in [-0.2, 0) is 23.6 Å². The molecule has 0 aromatic heterocycles. The number of aryl methyl sites for hydroxylation is 1. The summed E-state index contributed by atoms with van der Waals surface area (Å²) in [5, 5.41) is 0. The van der Waals surface area contributed by atoms with Gasteiger partial charge in [-0.25, -0.2) is 0 Å². The zero-order valence-electron chi connectivity index (χ0n) is 8.78. The summed E-state index contributed by atoms with van der Waals surface area (Å²) in [4.78, 5) is 45.3. The number of hydrogen-bond donors (Lipinski definition) is 6. The van der Waals surface area contributed by atoms with Gasteiger partial charge in [-0.3, -0.25) is 0 Å². The number of benzene rings is 1. The Bertz CT molecular complexity index is 350. The van der Waals surface area contributed by atoms with Crippen molar-refractivity contribution >= 4 is 37.1 Å². The first kappa shape index (κ1) is 19.6. The second kappa shape index (κ2) is 9.24. The lowest BCUT2D eigenvalue weighted by Gasteiger charge is -1.88. The second-order valence-corrected chi connectivity index (χ2v) is 7.67. The maximum atomic E-state index is 7.56. The van der Waals surface area contributed by atoms with Crippen LogP contribution in [0.15, 0.2) is 30.3 Å². The molecule has 0 aliphatic heterocycles. The zero-order valence-corrected chi connectivity index (χ0v) is 12.2. The molecule has 1 rings (SSSR count). The van der Waals surface area contributed by atoms with Crippen LogP contribution in [0.3, 0.4) is 0 Å². The molecule has 0 radical (unpaired) electrons. The van der Waals surface area contributed by atoms with Crippen LogP contribution in [0.2, 0.25) is 0 Å². The maximum absolute atomic E-state index is 7.56. The minimum atomic E-state index is -3.81. The minimum Gasteiger partial charge on any atom is -0.325 e. The van der Waals surface area contributed by atoms with Crippen LogP contribution < -0.4 is 0 Å². The van der Waals surface area contributed by atoms with E-state index in [9.17, 15) is 0 Å². The zero-order chi connectivity index (χ0) is 14.1. The van der Waals surface area contributed by atoms with Crippen molar-refractivity contribution in [1.29, 1.82) is 0 Å². The lowest BCUT2D eigenvalue weighted by Crippen LogP contribution is -1.65. The highest BCUT2D eigenvalue weighted by Crippen LogP contribution is 2.26. The highest BCUT2D eigenvalue weighted by atomic mass is 32.5. The Labute approximate surface area is 109 Å². The van der Waals surface area contributed by atoms with Crippen molar-refractivity contribution in [3.8, 4) is 0 Å². The standard InChI is InChI=1S/C7H8.2H3O3PS/c1-7-5-3-2-4-6-7;2*1-4(2,3)5/h2-6H,1H3;2*(H3,1,2,3,5). The van der Waals surface area contributed by atoms with Crippen molar-refractivity contribution in [2.45, 2.75) is 6.92 Å². The average molecular weight is 320 g/mol. The van der Waals surface area contributed by atoms with E-state index in [2.05, 4.69) is 42.7 Å². The van der Waals surface area contributed by atoms with Gasteiger partial charge in [0.05, 0.1) is 0 Å². The molecule has 100 valence electrons. The molecule has 6 nitrogen and oxygen atoms in total. The van der Waals surface area contributed by atoms with Crippen LogP contribution in [0.1, 0.15) is 5.56 Å². The van der Waals surface area contributed by atoms with Crippen LogP contribution in [0, 0.1) is 6.92 Å². The lowest BCUT2D eigenvalue weighted by molar-refractivity contribution is 0.361. The van der Waals surface area contributed by atoms with Crippen LogP contribution in [0.25, 0.3) is 0 Å². The fourth-order valence-electron chi connectivity index (χ4n) is 0.534. The third kappa shape index (κ3) is 48.4. The van der Waals surface area contributed by atoms with E-state index in [1.54, 1.807) is 0 Å². The molecule has 0 saturated heterocycles. The molecule has 6 N–H and O–H groups in total. The summed E-state index contributed by atoms with van der Waals surface area (Å²) < 4.78 is 0. The van der Waals surface area contributed by atoms with Gasteiger partial charge in [-0.05, 0) is 30.5 Å². The molecule has 1 aromatic rings. The molecule has 0 fully saturated rings. The van der Waals surface area contributed by atoms with Crippen molar-refractivity contribution in [2.75, 3.05) is 0 Å². The molecule has 10 heteroatoms. The quantitative estimate of drug-likeness (QED) is 0.379.